The fourth-order valence-electron chi connectivity index (χ4n) is 1.17. The molecule has 0 saturated heterocycles. The van der Waals surface area contributed by atoms with Crippen LogP contribution in [0.15, 0.2) is 0 Å². The topological polar surface area (TPSA) is 108 Å². The molecule has 7 nitrogen and oxygen atoms in total. The number of carbonyl (C=O) groups excluding carboxylic acids is 2. The zero-order chi connectivity index (χ0) is 14.0. The number of carboxylic acid groups (broad SMARTS) is 1. The van der Waals surface area contributed by atoms with Gasteiger partial charge in [0.25, 0.3) is 0 Å². The lowest BCUT2D eigenvalue weighted by atomic mass is 10.2. The van der Waals surface area contributed by atoms with Crippen molar-refractivity contribution in [2.45, 2.75) is 39.2 Å². The summed E-state index contributed by atoms with van der Waals surface area (Å²) in [5, 5.41) is 16.0. The highest BCUT2D eigenvalue weighted by molar-refractivity contribution is 5.83. The summed E-state index contributed by atoms with van der Waals surface area (Å²) in [7, 11) is 0. The van der Waals surface area contributed by atoms with Crippen molar-refractivity contribution in [1.82, 2.24) is 16.0 Å². The van der Waals surface area contributed by atoms with Crippen LogP contribution in [0.25, 0.3) is 0 Å². The molecule has 0 heterocycles. The lowest BCUT2D eigenvalue weighted by Crippen LogP contribution is -2.45. The van der Waals surface area contributed by atoms with E-state index >= 15 is 0 Å². The van der Waals surface area contributed by atoms with Crippen molar-refractivity contribution < 1.29 is 19.5 Å². The highest BCUT2D eigenvalue weighted by atomic mass is 16.4. The Morgan fingerprint density at radius 1 is 1.22 bits per heavy atom. The monoisotopic (exact) mass is 259 g/mol. The lowest BCUT2D eigenvalue weighted by molar-refractivity contribution is -0.137. The molecule has 0 aromatic heterocycles. The van der Waals surface area contributed by atoms with E-state index in [-0.39, 0.29) is 24.9 Å². The van der Waals surface area contributed by atoms with Crippen LogP contribution in [0.5, 0.6) is 0 Å². The largest absolute Gasteiger partial charge is 0.481 e. The molecule has 0 aliphatic rings. The summed E-state index contributed by atoms with van der Waals surface area (Å²) in [6, 6.07) is -0.723. The fraction of sp³-hybridized carbons (Fsp3) is 0.727. The van der Waals surface area contributed by atoms with Gasteiger partial charge in [-0.1, -0.05) is 6.92 Å². The van der Waals surface area contributed by atoms with Crippen molar-refractivity contribution in [2.24, 2.45) is 0 Å². The number of nitrogens with one attached hydrogen (secondary N) is 3. The molecule has 0 aliphatic heterocycles. The molecule has 4 N–H and O–H groups in total. The smallest absolute Gasteiger partial charge is 0.315 e. The van der Waals surface area contributed by atoms with Crippen LogP contribution in [0, 0.1) is 0 Å². The summed E-state index contributed by atoms with van der Waals surface area (Å²) in [6.07, 6.45) is 1.19. The molecule has 0 spiro atoms. The van der Waals surface area contributed by atoms with Crippen molar-refractivity contribution in [1.29, 1.82) is 0 Å². The van der Waals surface area contributed by atoms with Gasteiger partial charge in [0.15, 0.2) is 0 Å². The summed E-state index contributed by atoms with van der Waals surface area (Å²) in [5.41, 5.74) is 0. The van der Waals surface area contributed by atoms with Crippen LogP contribution < -0.4 is 16.0 Å². The lowest BCUT2D eigenvalue weighted by Gasteiger charge is -2.13. The highest BCUT2D eigenvalue weighted by Gasteiger charge is 2.09. The Hall–Kier alpha value is -1.79. The summed E-state index contributed by atoms with van der Waals surface area (Å²) in [5.74, 6) is -1.15. The maximum absolute atomic E-state index is 11.3. The number of carbonyl (C=O) groups is 3. The van der Waals surface area contributed by atoms with Crippen molar-refractivity contribution in [3.63, 3.8) is 0 Å². The van der Waals surface area contributed by atoms with Gasteiger partial charge in [-0.2, -0.15) is 0 Å². The molecular weight excluding hydrogens is 238 g/mol. The van der Waals surface area contributed by atoms with E-state index in [1.54, 1.807) is 6.92 Å². The van der Waals surface area contributed by atoms with Crippen LogP contribution in [-0.4, -0.2) is 42.1 Å². The predicted octanol–water partition coefficient (Wildman–Crippen LogP) is 0.0651. The number of hydrogen-bond donors (Lipinski definition) is 4. The molecule has 0 fully saturated rings. The quantitative estimate of drug-likeness (QED) is 0.494. The minimum Gasteiger partial charge on any atom is -0.481 e. The molecule has 0 radical (unpaired) electrons. The van der Waals surface area contributed by atoms with Crippen LogP contribution in [0.3, 0.4) is 0 Å². The molecule has 0 aromatic carbocycles. The minimum absolute atomic E-state index is 0.00155. The van der Waals surface area contributed by atoms with Gasteiger partial charge in [0.1, 0.15) is 0 Å². The third kappa shape index (κ3) is 9.44. The SMILES string of the molecule is CCCNC(=O)CNC(=O)NC(C)CCC(=O)O. The third-order valence-electron chi connectivity index (χ3n) is 2.15. The van der Waals surface area contributed by atoms with E-state index in [0.29, 0.717) is 13.0 Å². The van der Waals surface area contributed by atoms with Crippen LogP contribution >= 0.6 is 0 Å². The maximum Gasteiger partial charge on any atom is 0.315 e. The zero-order valence-electron chi connectivity index (χ0n) is 10.8. The number of hydrogen-bond acceptors (Lipinski definition) is 3. The van der Waals surface area contributed by atoms with Gasteiger partial charge < -0.3 is 21.1 Å². The first-order chi connectivity index (χ1) is 8.45. The second kappa shape index (κ2) is 9.26. The molecular formula is C11H21N3O4. The third-order valence-corrected chi connectivity index (χ3v) is 2.15. The van der Waals surface area contributed by atoms with Crippen LogP contribution in [-0.2, 0) is 9.59 Å². The van der Waals surface area contributed by atoms with Gasteiger partial charge in [0.2, 0.25) is 5.91 Å². The first-order valence-electron chi connectivity index (χ1n) is 5.98. The summed E-state index contributed by atoms with van der Waals surface area (Å²) in [6.45, 7) is 4.14. The molecule has 3 amide bonds. The van der Waals surface area contributed by atoms with Crippen molar-refractivity contribution in [3.05, 3.63) is 0 Å². The van der Waals surface area contributed by atoms with E-state index in [1.807, 2.05) is 6.92 Å². The number of carboxylic acids is 1. The average Bonchev–Trinajstić information content (AvgIpc) is 2.31. The van der Waals surface area contributed by atoms with Crippen molar-refractivity contribution >= 4 is 17.9 Å². The summed E-state index contributed by atoms with van der Waals surface area (Å²) in [4.78, 5) is 32.8. The van der Waals surface area contributed by atoms with Crippen LogP contribution in [0.1, 0.15) is 33.1 Å². The Balaban J connectivity index is 3.69. The number of aliphatic carboxylic acids is 1. The van der Waals surface area contributed by atoms with Gasteiger partial charge in [-0.3, -0.25) is 9.59 Å². The van der Waals surface area contributed by atoms with E-state index in [0.717, 1.165) is 6.42 Å². The Morgan fingerprint density at radius 2 is 1.89 bits per heavy atom. The molecule has 0 bridgehead atoms. The van der Waals surface area contributed by atoms with E-state index in [9.17, 15) is 14.4 Å². The normalized spacial score (nSPS) is 11.4. The second-order valence-corrected chi connectivity index (χ2v) is 4.01. The van der Waals surface area contributed by atoms with E-state index in [1.165, 1.54) is 0 Å². The standard InChI is InChI=1S/C11H21N3O4/c1-3-6-12-9(15)7-13-11(18)14-8(2)4-5-10(16)17/h8H,3-7H2,1-2H3,(H,12,15)(H,16,17)(H2,13,14,18). The van der Waals surface area contributed by atoms with E-state index in [2.05, 4.69) is 16.0 Å². The maximum atomic E-state index is 11.3. The Bertz CT molecular complexity index is 294. The van der Waals surface area contributed by atoms with Crippen molar-refractivity contribution in [3.8, 4) is 0 Å². The van der Waals surface area contributed by atoms with Crippen LogP contribution in [0.2, 0.25) is 0 Å². The summed E-state index contributed by atoms with van der Waals surface area (Å²) >= 11 is 0. The zero-order valence-corrected chi connectivity index (χ0v) is 10.8. The van der Waals surface area contributed by atoms with Gasteiger partial charge in [0.05, 0.1) is 6.54 Å². The van der Waals surface area contributed by atoms with E-state index in [4.69, 9.17) is 5.11 Å². The molecule has 18 heavy (non-hydrogen) atoms. The Morgan fingerprint density at radius 3 is 2.44 bits per heavy atom. The van der Waals surface area contributed by atoms with Gasteiger partial charge in [0, 0.05) is 19.0 Å². The van der Waals surface area contributed by atoms with Crippen molar-refractivity contribution in [2.75, 3.05) is 13.1 Å². The molecule has 0 aromatic rings. The van der Waals surface area contributed by atoms with Gasteiger partial charge in [-0.05, 0) is 19.8 Å². The first-order valence-corrected chi connectivity index (χ1v) is 5.98. The molecule has 1 atom stereocenters. The molecule has 1 unspecified atom stereocenters. The van der Waals surface area contributed by atoms with Gasteiger partial charge in [-0.15, -0.1) is 0 Å². The average molecular weight is 259 g/mol. The van der Waals surface area contributed by atoms with Crippen LogP contribution in [0.4, 0.5) is 4.79 Å². The molecule has 0 saturated carbocycles. The fourth-order valence-corrected chi connectivity index (χ4v) is 1.17. The number of amides is 3. The Kier molecular flexibility index (Phi) is 8.34. The van der Waals surface area contributed by atoms with Gasteiger partial charge >= 0.3 is 12.0 Å². The Labute approximate surface area is 106 Å². The first kappa shape index (κ1) is 16.2. The molecule has 104 valence electrons. The molecule has 0 rings (SSSR count). The number of urea groups is 1. The minimum atomic E-state index is -0.900. The predicted molar refractivity (Wildman–Crippen MR) is 66.2 cm³/mol. The molecule has 0 aliphatic carbocycles. The number of rotatable bonds is 8. The van der Waals surface area contributed by atoms with E-state index < -0.39 is 12.0 Å². The second-order valence-electron chi connectivity index (χ2n) is 4.01. The van der Waals surface area contributed by atoms with Gasteiger partial charge in [-0.25, -0.2) is 4.79 Å². The molecule has 7 heteroatoms. The highest BCUT2D eigenvalue weighted by Crippen LogP contribution is 1.95. The summed E-state index contributed by atoms with van der Waals surface area (Å²) < 4.78 is 0.